The monoisotopic (exact) mass is 290 g/mol. The largest absolute Gasteiger partial charge is 0.348 e. The van der Waals surface area contributed by atoms with Crippen molar-refractivity contribution in [3.63, 3.8) is 0 Å². The molecule has 0 atom stereocenters. The average molecular weight is 290 g/mol. The molecule has 0 bridgehead atoms. The lowest BCUT2D eigenvalue weighted by atomic mass is 10.0. The van der Waals surface area contributed by atoms with E-state index < -0.39 is 0 Å². The Kier molecular flexibility index (Phi) is 5.66. The van der Waals surface area contributed by atoms with Crippen molar-refractivity contribution in [1.29, 1.82) is 0 Å². The molecule has 0 spiro atoms. The lowest BCUT2D eigenvalue weighted by Crippen LogP contribution is -2.46. The van der Waals surface area contributed by atoms with Gasteiger partial charge >= 0.3 is 0 Å². The summed E-state index contributed by atoms with van der Waals surface area (Å²) in [6.07, 6.45) is 8.71. The van der Waals surface area contributed by atoms with Crippen molar-refractivity contribution in [1.82, 2.24) is 20.2 Å². The second-order valence-electron chi connectivity index (χ2n) is 5.32. The van der Waals surface area contributed by atoms with E-state index in [9.17, 15) is 9.59 Å². The summed E-state index contributed by atoms with van der Waals surface area (Å²) >= 11 is 0. The summed E-state index contributed by atoms with van der Waals surface area (Å²) in [7, 11) is 0. The molecule has 2 rings (SSSR count). The van der Waals surface area contributed by atoms with Gasteiger partial charge in [-0.1, -0.05) is 13.3 Å². The van der Waals surface area contributed by atoms with Crippen LogP contribution in [0.25, 0.3) is 0 Å². The lowest BCUT2D eigenvalue weighted by Gasteiger charge is -2.32. The van der Waals surface area contributed by atoms with E-state index in [4.69, 9.17) is 0 Å². The van der Waals surface area contributed by atoms with Crippen LogP contribution in [0.3, 0.4) is 0 Å². The van der Waals surface area contributed by atoms with Crippen molar-refractivity contribution in [3.05, 3.63) is 24.3 Å². The summed E-state index contributed by atoms with van der Waals surface area (Å²) in [5.41, 5.74) is 0.332. The zero-order valence-electron chi connectivity index (χ0n) is 12.4. The third-order valence-corrected chi connectivity index (χ3v) is 3.72. The average Bonchev–Trinajstić information content (AvgIpc) is 2.54. The number of unbranched alkanes of at least 4 members (excludes halogenated alkanes) is 1. The number of piperidine rings is 1. The molecule has 6 heteroatoms. The Hall–Kier alpha value is -1.98. The van der Waals surface area contributed by atoms with Crippen LogP contribution in [0.15, 0.2) is 18.6 Å². The standard InChI is InChI=1S/C15H22N4O2/c1-2-3-4-14(20)19-9-5-12(6-10-19)18-15(21)13-11-16-7-8-17-13/h7-8,11-12H,2-6,9-10H2,1H3,(H,18,21). The number of nitrogens with zero attached hydrogens (tertiary/aromatic N) is 3. The molecular weight excluding hydrogens is 268 g/mol. The predicted molar refractivity (Wildman–Crippen MR) is 78.6 cm³/mol. The minimum absolute atomic E-state index is 0.106. The van der Waals surface area contributed by atoms with Gasteiger partial charge in [0.2, 0.25) is 5.91 Å². The van der Waals surface area contributed by atoms with Crippen molar-refractivity contribution in [2.75, 3.05) is 13.1 Å². The maximum absolute atomic E-state index is 12.0. The van der Waals surface area contributed by atoms with Crippen LogP contribution in [-0.4, -0.2) is 45.8 Å². The summed E-state index contributed by atoms with van der Waals surface area (Å²) in [4.78, 5) is 33.7. The maximum Gasteiger partial charge on any atom is 0.271 e. The Balaban J connectivity index is 1.77. The first kappa shape index (κ1) is 15.4. The number of likely N-dealkylation sites (tertiary alicyclic amines) is 1. The molecule has 1 aromatic heterocycles. The first-order valence-electron chi connectivity index (χ1n) is 7.55. The molecular formula is C15H22N4O2. The number of nitrogens with one attached hydrogen (secondary N) is 1. The molecule has 0 aliphatic carbocycles. The molecule has 21 heavy (non-hydrogen) atoms. The van der Waals surface area contributed by atoms with E-state index in [0.717, 1.165) is 25.7 Å². The number of carbonyl (C=O) groups excluding carboxylic acids is 2. The maximum atomic E-state index is 12.0. The highest BCUT2D eigenvalue weighted by molar-refractivity contribution is 5.92. The summed E-state index contributed by atoms with van der Waals surface area (Å²) in [5.74, 6) is 0.0365. The predicted octanol–water partition coefficient (Wildman–Crippen LogP) is 1.39. The Labute approximate surface area is 125 Å². The second-order valence-corrected chi connectivity index (χ2v) is 5.32. The van der Waals surface area contributed by atoms with Gasteiger partial charge in [0.25, 0.3) is 5.91 Å². The highest BCUT2D eigenvalue weighted by atomic mass is 16.2. The Morgan fingerprint density at radius 1 is 1.33 bits per heavy atom. The van der Waals surface area contributed by atoms with E-state index >= 15 is 0 Å². The molecule has 2 amide bonds. The molecule has 0 radical (unpaired) electrons. The van der Waals surface area contributed by atoms with E-state index in [2.05, 4.69) is 22.2 Å². The zero-order valence-corrected chi connectivity index (χ0v) is 12.4. The number of hydrogen-bond acceptors (Lipinski definition) is 4. The molecule has 0 aromatic carbocycles. The van der Waals surface area contributed by atoms with Crippen molar-refractivity contribution < 1.29 is 9.59 Å². The van der Waals surface area contributed by atoms with Crippen LogP contribution in [0.5, 0.6) is 0 Å². The normalized spacial score (nSPS) is 15.8. The molecule has 1 fully saturated rings. The molecule has 6 nitrogen and oxygen atoms in total. The first-order valence-corrected chi connectivity index (χ1v) is 7.55. The molecule has 1 N–H and O–H groups in total. The van der Waals surface area contributed by atoms with Crippen molar-refractivity contribution in [3.8, 4) is 0 Å². The number of rotatable bonds is 5. The van der Waals surface area contributed by atoms with Gasteiger partial charge in [-0.15, -0.1) is 0 Å². The van der Waals surface area contributed by atoms with Gasteiger partial charge in [0.1, 0.15) is 5.69 Å². The lowest BCUT2D eigenvalue weighted by molar-refractivity contribution is -0.132. The fraction of sp³-hybridized carbons (Fsp3) is 0.600. The molecule has 1 aromatic rings. The molecule has 1 aliphatic heterocycles. The summed E-state index contributed by atoms with van der Waals surface area (Å²) in [6, 6.07) is 0.106. The van der Waals surface area contributed by atoms with Crippen LogP contribution in [0.1, 0.15) is 49.5 Å². The molecule has 1 aliphatic rings. The van der Waals surface area contributed by atoms with Crippen LogP contribution >= 0.6 is 0 Å². The first-order chi connectivity index (χ1) is 10.2. The SMILES string of the molecule is CCCCC(=O)N1CCC(NC(=O)c2cnccn2)CC1. The smallest absolute Gasteiger partial charge is 0.271 e. The fourth-order valence-electron chi connectivity index (χ4n) is 2.44. The van der Waals surface area contributed by atoms with Crippen molar-refractivity contribution in [2.45, 2.75) is 45.1 Å². The summed E-state index contributed by atoms with van der Waals surface area (Å²) < 4.78 is 0. The molecule has 0 saturated carbocycles. The number of aromatic nitrogens is 2. The Morgan fingerprint density at radius 2 is 2.10 bits per heavy atom. The van der Waals surface area contributed by atoms with Gasteiger partial charge in [-0.05, 0) is 19.3 Å². The minimum atomic E-state index is -0.196. The van der Waals surface area contributed by atoms with Crippen molar-refractivity contribution >= 4 is 11.8 Å². The second kappa shape index (κ2) is 7.71. The van der Waals surface area contributed by atoms with Gasteiger partial charge in [0, 0.05) is 37.9 Å². The quantitative estimate of drug-likeness (QED) is 0.889. The van der Waals surface area contributed by atoms with Gasteiger partial charge < -0.3 is 10.2 Å². The zero-order chi connectivity index (χ0) is 15.1. The highest BCUT2D eigenvalue weighted by Gasteiger charge is 2.23. The van der Waals surface area contributed by atoms with Gasteiger partial charge in [0.05, 0.1) is 6.20 Å². The van der Waals surface area contributed by atoms with E-state index in [-0.39, 0.29) is 17.9 Å². The van der Waals surface area contributed by atoms with Gasteiger partial charge in [0.15, 0.2) is 0 Å². The highest BCUT2D eigenvalue weighted by Crippen LogP contribution is 2.13. The number of carbonyl (C=O) groups is 2. The molecule has 114 valence electrons. The van der Waals surface area contributed by atoms with E-state index in [1.165, 1.54) is 18.6 Å². The van der Waals surface area contributed by atoms with Gasteiger partial charge in [-0.3, -0.25) is 14.6 Å². The summed E-state index contributed by atoms with van der Waals surface area (Å²) in [5, 5.41) is 2.96. The fourth-order valence-corrected chi connectivity index (χ4v) is 2.44. The molecule has 1 saturated heterocycles. The third-order valence-electron chi connectivity index (χ3n) is 3.72. The third kappa shape index (κ3) is 4.51. The van der Waals surface area contributed by atoms with Crippen LogP contribution in [0, 0.1) is 0 Å². The van der Waals surface area contributed by atoms with Crippen LogP contribution in [0.2, 0.25) is 0 Å². The van der Waals surface area contributed by atoms with E-state index in [1.807, 2.05) is 4.90 Å². The summed E-state index contributed by atoms with van der Waals surface area (Å²) in [6.45, 7) is 3.52. The van der Waals surface area contributed by atoms with Gasteiger partial charge in [-0.2, -0.15) is 0 Å². The number of hydrogen-bond donors (Lipinski definition) is 1. The van der Waals surface area contributed by atoms with Crippen LogP contribution in [0.4, 0.5) is 0 Å². The van der Waals surface area contributed by atoms with Crippen molar-refractivity contribution in [2.24, 2.45) is 0 Å². The Bertz CT molecular complexity index is 470. The van der Waals surface area contributed by atoms with Gasteiger partial charge in [-0.25, -0.2) is 4.98 Å². The van der Waals surface area contributed by atoms with E-state index in [1.54, 1.807) is 0 Å². The van der Waals surface area contributed by atoms with E-state index in [0.29, 0.717) is 25.2 Å². The Morgan fingerprint density at radius 3 is 2.71 bits per heavy atom. The van der Waals surface area contributed by atoms with Crippen LogP contribution < -0.4 is 5.32 Å². The topological polar surface area (TPSA) is 75.2 Å². The number of amides is 2. The molecule has 0 unspecified atom stereocenters. The minimum Gasteiger partial charge on any atom is -0.348 e. The van der Waals surface area contributed by atoms with Crippen LogP contribution in [-0.2, 0) is 4.79 Å². The molecule has 2 heterocycles.